The smallest absolute Gasteiger partial charge is 0.317 e. The zero-order valence-electron chi connectivity index (χ0n) is 14.9. The van der Waals surface area contributed by atoms with Crippen LogP contribution in [0.5, 0.6) is 0 Å². The van der Waals surface area contributed by atoms with E-state index in [1.165, 1.54) is 0 Å². The number of carbonyl (C=O) groups is 2. The van der Waals surface area contributed by atoms with Crippen molar-refractivity contribution in [2.75, 3.05) is 46.9 Å². The number of ether oxygens (including phenoxy) is 1. The lowest BCUT2D eigenvalue weighted by Gasteiger charge is -2.37. The van der Waals surface area contributed by atoms with Crippen LogP contribution in [0.2, 0.25) is 0 Å². The molecule has 1 saturated carbocycles. The Hall–Kier alpha value is -1.34. The third kappa shape index (κ3) is 3.67. The zero-order chi connectivity index (χ0) is 17.1. The predicted molar refractivity (Wildman–Crippen MR) is 90.8 cm³/mol. The number of piperazine rings is 1. The first-order valence-electron chi connectivity index (χ1n) is 9.17. The fraction of sp³-hybridized carbons (Fsp3) is 0.882. The Labute approximate surface area is 144 Å². The summed E-state index contributed by atoms with van der Waals surface area (Å²) in [6.07, 6.45) is 5.28. The van der Waals surface area contributed by atoms with Gasteiger partial charge in [-0.25, -0.2) is 4.79 Å². The Morgan fingerprint density at radius 3 is 2.29 bits per heavy atom. The van der Waals surface area contributed by atoms with Gasteiger partial charge < -0.3 is 19.9 Å². The van der Waals surface area contributed by atoms with E-state index in [1.54, 1.807) is 7.11 Å². The van der Waals surface area contributed by atoms with Crippen molar-refractivity contribution in [1.82, 2.24) is 20.0 Å². The molecule has 0 aromatic carbocycles. The number of nitrogens with zero attached hydrogens (tertiary/aromatic N) is 3. The van der Waals surface area contributed by atoms with Crippen molar-refractivity contribution in [3.05, 3.63) is 0 Å². The van der Waals surface area contributed by atoms with E-state index in [0.717, 1.165) is 38.6 Å². The van der Waals surface area contributed by atoms with Gasteiger partial charge in [-0.15, -0.1) is 0 Å². The largest absolute Gasteiger partial charge is 0.379 e. The topological polar surface area (TPSA) is 65.1 Å². The predicted octanol–water partition coefficient (Wildman–Crippen LogP) is 0.502. The van der Waals surface area contributed by atoms with Gasteiger partial charge in [0.1, 0.15) is 0 Å². The number of amides is 3. The molecule has 3 amide bonds. The molecule has 0 unspecified atom stereocenters. The normalized spacial score (nSPS) is 31.5. The van der Waals surface area contributed by atoms with Crippen LogP contribution in [-0.2, 0) is 9.53 Å². The molecule has 0 radical (unpaired) electrons. The maximum atomic E-state index is 12.6. The molecule has 1 aliphatic carbocycles. The van der Waals surface area contributed by atoms with E-state index >= 15 is 0 Å². The quantitative estimate of drug-likeness (QED) is 0.814. The van der Waals surface area contributed by atoms with Crippen LogP contribution in [0, 0.1) is 0 Å². The summed E-state index contributed by atoms with van der Waals surface area (Å²) in [6.45, 7) is 3.49. The van der Waals surface area contributed by atoms with Crippen LogP contribution in [0.25, 0.3) is 0 Å². The van der Waals surface area contributed by atoms with E-state index in [1.807, 2.05) is 16.8 Å². The van der Waals surface area contributed by atoms with Gasteiger partial charge >= 0.3 is 6.03 Å². The van der Waals surface area contributed by atoms with Gasteiger partial charge in [-0.2, -0.15) is 0 Å². The Morgan fingerprint density at radius 1 is 0.958 bits per heavy atom. The molecule has 3 fully saturated rings. The highest BCUT2D eigenvalue weighted by Gasteiger charge is 2.34. The second-order valence-electron chi connectivity index (χ2n) is 7.21. The number of nitrogens with one attached hydrogen (secondary N) is 1. The summed E-state index contributed by atoms with van der Waals surface area (Å²) in [4.78, 5) is 30.9. The Bertz CT molecular complexity index is 465. The lowest BCUT2D eigenvalue weighted by atomic mass is 10.1. The van der Waals surface area contributed by atoms with Crippen LogP contribution in [0.3, 0.4) is 0 Å². The number of rotatable bonds is 3. The molecule has 136 valence electrons. The maximum absolute atomic E-state index is 12.6. The third-order valence-electron chi connectivity index (χ3n) is 5.75. The van der Waals surface area contributed by atoms with E-state index < -0.39 is 0 Å². The summed E-state index contributed by atoms with van der Waals surface area (Å²) in [5.74, 6) is 0.227. The minimum atomic E-state index is -0.0194. The van der Waals surface area contributed by atoms with E-state index in [0.29, 0.717) is 26.2 Å². The average Bonchev–Trinajstić information content (AvgIpc) is 3.22. The number of carbonyl (C=O) groups excluding carboxylic acids is 2. The van der Waals surface area contributed by atoms with Crippen molar-refractivity contribution in [2.45, 2.75) is 50.3 Å². The second kappa shape index (κ2) is 7.70. The minimum absolute atomic E-state index is 0.0194. The molecule has 24 heavy (non-hydrogen) atoms. The summed E-state index contributed by atoms with van der Waals surface area (Å²) in [5, 5.41) is 3.11. The zero-order valence-corrected chi connectivity index (χ0v) is 14.9. The van der Waals surface area contributed by atoms with E-state index in [-0.39, 0.29) is 30.1 Å². The summed E-state index contributed by atoms with van der Waals surface area (Å²) in [5.41, 5.74) is 0. The van der Waals surface area contributed by atoms with Gasteiger partial charge in [-0.05, 0) is 45.7 Å². The molecule has 7 nitrogen and oxygen atoms in total. The van der Waals surface area contributed by atoms with Crippen LogP contribution < -0.4 is 5.32 Å². The highest BCUT2D eigenvalue weighted by Crippen LogP contribution is 2.22. The SMILES string of the molecule is CO[C@@H]1CCC[C@H]1NC(=O)N1CCN(C(=O)[C@H]2CCCN2C)CC1. The van der Waals surface area contributed by atoms with E-state index in [2.05, 4.69) is 10.2 Å². The van der Waals surface area contributed by atoms with Crippen molar-refractivity contribution in [3.8, 4) is 0 Å². The number of methoxy groups -OCH3 is 1. The fourth-order valence-electron chi connectivity index (χ4n) is 4.19. The van der Waals surface area contributed by atoms with Gasteiger partial charge in [0.05, 0.1) is 18.2 Å². The fourth-order valence-corrected chi connectivity index (χ4v) is 4.19. The average molecular weight is 338 g/mol. The molecule has 2 aliphatic heterocycles. The first-order chi connectivity index (χ1) is 11.6. The molecular weight excluding hydrogens is 308 g/mol. The van der Waals surface area contributed by atoms with Crippen LogP contribution >= 0.6 is 0 Å². The van der Waals surface area contributed by atoms with Crippen LogP contribution in [0.1, 0.15) is 32.1 Å². The molecule has 0 aromatic heterocycles. The van der Waals surface area contributed by atoms with Crippen molar-refractivity contribution in [2.24, 2.45) is 0 Å². The number of likely N-dealkylation sites (N-methyl/N-ethyl adjacent to an activating group) is 1. The summed E-state index contributed by atoms with van der Waals surface area (Å²) >= 11 is 0. The van der Waals surface area contributed by atoms with Crippen LogP contribution in [-0.4, -0.2) is 91.7 Å². The van der Waals surface area contributed by atoms with Gasteiger partial charge in [0.15, 0.2) is 0 Å². The third-order valence-corrected chi connectivity index (χ3v) is 5.75. The Balaban J connectivity index is 1.46. The van der Waals surface area contributed by atoms with Crippen molar-refractivity contribution in [3.63, 3.8) is 0 Å². The summed E-state index contributed by atoms with van der Waals surface area (Å²) in [6, 6.07) is 0.134. The van der Waals surface area contributed by atoms with Crippen LogP contribution in [0.15, 0.2) is 0 Å². The van der Waals surface area contributed by atoms with Gasteiger partial charge in [-0.1, -0.05) is 0 Å². The van der Waals surface area contributed by atoms with Crippen LogP contribution in [0.4, 0.5) is 4.79 Å². The Morgan fingerprint density at radius 2 is 1.67 bits per heavy atom. The van der Waals surface area contributed by atoms with Crippen molar-refractivity contribution in [1.29, 1.82) is 0 Å². The molecule has 0 aromatic rings. The summed E-state index contributed by atoms with van der Waals surface area (Å²) < 4.78 is 5.44. The molecule has 1 N–H and O–H groups in total. The minimum Gasteiger partial charge on any atom is -0.379 e. The first kappa shape index (κ1) is 17.5. The molecule has 2 saturated heterocycles. The van der Waals surface area contributed by atoms with Gasteiger partial charge in [0.2, 0.25) is 5.91 Å². The van der Waals surface area contributed by atoms with Gasteiger partial charge in [0.25, 0.3) is 0 Å². The molecule has 3 aliphatic rings. The molecule has 3 atom stereocenters. The molecule has 0 bridgehead atoms. The highest BCUT2D eigenvalue weighted by atomic mass is 16.5. The molecular formula is C17H30N4O3. The lowest BCUT2D eigenvalue weighted by Crippen LogP contribution is -2.57. The van der Waals surface area contributed by atoms with Crippen molar-refractivity contribution < 1.29 is 14.3 Å². The van der Waals surface area contributed by atoms with Gasteiger partial charge in [-0.3, -0.25) is 9.69 Å². The van der Waals surface area contributed by atoms with E-state index in [9.17, 15) is 9.59 Å². The highest BCUT2D eigenvalue weighted by molar-refractivity contribution is 5.82. The first-order valence-corrected chi connectivity index (χ1v) is 9.17. The number of likely N-dealkylation sites (tertiary alicyclic amines) is 1. The standard InChI is InChI=1S/C17H30N4O3/c1-19-8-4-6-14(19)16(22)20-9-11-21(12-10-20)17(23)18-13-5-3-7-15(13)24-2/h13-15H,3-12H2,1-2H3,(H,18,23)/t13-,14-,15-/m1/s1. The number of hydrogen-bond acceptors (Lipinski definition) is 4. The number of hydrogen-bond donors (Lipinski definition) is 1. The molecule has 0 spiro atoms. The Kier molecular flexibility index (Phi) is 5.61. The monoisotopic (exact) mass is 338 g/mol. The summed E-state index contributed by atoms with van der Waals surface area (Å²) in [7, 11) is 3.73. The maximum Gasteiger partial charge on any atom is 0.317 e. The second-order valence-corrected chi connectivity index (χ2v) is 7.21. The molecule has 7 heteroatoms. The molecule has 2 heterocycles. The number of urea groups is 1. The molecule has 3 rings (SSSR count). The lowest BCUT2D eigenvalue weighted by molar-refractivity contribution is -0.137. The van der Waals surface area contributed by atoms with E-state index in [4.69, 9.17) is 4.74 Å². The van der Waals surface area contributed by atoms with Gasteiger partial charge in [0, 0.05) is 33.3 Å². The van der Waals surface area contributed by atoms with Crippen molar-refractivity contribution >= 4 is 11.9 Å².